The molecule has 0 atom stereocenters. The third-order valence-electron chi connectivity index (χ3n) is 2.42. The predicted octanol–water partition coefficient (Wildman–Crippen LogP) is 3.90. The number of halogens is 1. The third-order valence-corrected chi connectivity index (χ3v) is 2.91. The van der Waals surface area contributed by atoms with Crippen LogP contribution in [-0.2, 0) is 11.4 Å². The van der Waals surface area contributed by atoms with Crippen molar-refractivity contribution >= 4 is 27.3 Å². The van der Waals surface area contributed by atoms with Crippen LogP contribution in [0.2, 0.25) is 0 Å². The monoisotopic (exact) mass is 322 g/mol. The number of nitrogens with one attached hydrogen (secondary N) is 1. The maximum atomic E-state index is 10.9. The minimum absolute atomic E-state index is 0.0394. The summed E-state index contributed by atoms with van der Waals surface area (Å²) in [6.45, 7) is 0.327. The van der Waals surface area contributed by atoms with Crippen LogP contribution in [0.4, 0.5) is 11.4 Å². The largest absolute Gasteiger partial charge is 0.295 e. The van der Waals surface area contributed by atoms with Gasteiger partial charge in [0.05, 0.1) is 11.5 Å². The zero-order valence-corrected chi connectivity index (χ0v) is 11.5. The van der Waals surface area contributed by atoms with Crippen LogP contribution >= 0.6 is 15.9 Å². The Hall–Kier alpha value is -1.92. The Morgan fingerprint density at radius 3 is 2.63 bits per heavy atom. The molecule has 6 heteroatoms. The molecule has 0 saturated heterocycles. The van der Waals surface area contributed by atoms with Crippen molar-refractivity contribution in [1.29, 1.82) is 0 Å². The maximum absolute atomic E-state index is 10.9. The molecule has 0 fully saturated rings. The second kappa shape index (κ2) is 6.31. The summed E-state index contributed by atoms with van der Waals surface area (Å²) in [6.07, 6.45) is 0. The molecule has 0 aliphatic heterocycles. The van der Waals surface area contributed by atoms with E-state index >= 15 is 0 Å². The summed E-state index contributed by atoms with van der Waals surface area (Å²) in [5.74, 6) is 0. The van der Waals surface area contributed by atoms with E-state index in [1.807, 2.05) is 30.3 Å². The lowest BCUT2D eigenvalue weighted by atomic mass is 10.2. The molecule has 0 radical (unpaired) electrons. The Morgan fingerprint density at radius 2 is 1.95 bits per heavy atom. The summed E-state index contributed by atoms with van der Waals surface area (Å²) in [5.41, 5.74) is 3.87. The average Bonchev–Trinajstić information content (AvgIpc) is 2.41. The molecule has 0 aromatic heterocycles. The Balaban J connectivity index is 2.02. The quantitative estimate of drug-likeness (QED) is 0.669. The summed E-state index contributed by atoms with van der Waals surface area (Å²) in [6, 6.07) is 14.3. The van der Waals surface area contributed by atoms with E-state index in [9.17, 15) is 10.1 Å². The number of nitrogens with zero attached hydrogens (tertiary/aromatic N) is 1. The molecule has 2 aromatic carbocycles. The highest BCUT2D eigenvalue weighted by Gasteiger charge is 2.13. The van der Waals surface area contributed by atoms with Crippen LogP contribution in [0, 0.1) is 10.1 Å². The number of hydrogen-bond acceptors (Lipinski definition) is 4. The highest BCUT2D eigenvalue weighted by Crippen LogP contribution is 2.28. The number of anilines is 1. The molecule has 0 spiro atoms. The van der Waals surface area contributed by atoms with Gasteiger partial charge in [0.25, 0.3) is 5.69 Å². The van der Waals surface area contributed by atoms with Crippen molar-refractivity contribution in [2.24, 2.45) is 0 Å². The molecule has 1 N–H and O–H groups in total. The van der Waals surface area contributed by atoms with Crippen LogP contribution < -0.4 is 5.48 Å². The summed E-state index contributed by atoms with van der Waals surface area (Å²) in [5, 5.41) is 10.9. The normalized spacial score (nSPS) is 10.2. The van der Waals surface area contributed by atoms with Gasteiger partial charge < -0.3 is 0 Å². The van der Waals surface area contributed by atoms with Crippen molar-refractivity contribution in [2.75, 3.05) is 5.48 Å². The fourth-order valence-corrected chi connectivity index (χ4v) is 1.86. The topological polar surface area (TPSA) is 64.4 Å². The molecule has 2 rings (SSSR count). The molecule has 0 amide bonds. The lowest BCUT2D eigenvalue weighted by Gasteiger charge is -2.07. The molecular weight excluding hydrogens is 312 g/mol. The molecule has 0 bridgehead atoms. The zero-order valence-electron chi connectivity index (χ0n) is 9.88. The Bertz CT molecular complexity index is 575. The van der Waals surface area contributed by atoms with Crippen molar-refractivity contribution < 1.29 is 9.76 Å². The number of nitro benzene ring substituents is 1. The van der Waals surface area contributed by atoms with Crippen molar-refractivity contribution in [2.45, 2.75) is 6.61 Å². The standard InChI is InChI=1S/C13H11BrN2O3/c14-11-6-7-12(13(8-11)16(17)18)15-19-9-10-4-2-1-3-5-10/h1-8,15H,9H2. The number of benzene rings is 2. The smallest absolute Gasteiger partial charge is 0.271 e. The zero-order chi connectivity index (χ0) is 13.7. The Kier molecular flexibility index (Phi) is 4.48. The Morgan fingerprint density at radius 1 is 1.21 bits per heavy atom. The third kappa shape index (κ3) is 3.77. The van der Waals surface area contributed by atoms with E-state index in [0.717, 1.165) is 5.56 Å². The van der Waals surface area contributed by atoms with Gasteiger partial charge in [-0.3, -0.25) is 20.4 Å². The first-order chi connectivity index (χ1) is 9.16. The molecule has 0 saturated carbocycles. The molecule has 2 aromatic rings. The van der Waals surface area contributed by atoms with E-state index in [0.29, 0.717) is 16.8 Å². The van der Waals surface area contributed by atoms with Crippen molar-refractivity contribution in [3.8, 4) is 0 Å². The van der Waals surface area contributed by atoms with Crippen LogP contribution in [0.25, 0.3) is 0 Å². The van der Waals surface area contributed by atoms with Crippen molar-refractivity contribution in [3.05, 3.63) is 68.7 Å². The van der Waals surface area contributed by atoms with Gasteiger partial charge in [-0.05, 0) is 17.7 Å². The first-order valence-corrected chi connectivity index (χ1v) is 6.32. The van der Waals surface area contributed by atoms with E-state index in [-0.39, 0.29) is 5.69 Å². The number of nitro groups is 1. The summed E-state index contributed by atoms with van der Waals surface area (Å²) < 4.78 is 0.646. The second-order valence-corrected chi connectivity index (χ2v) is 4.71. The van der Waals surface area contributed by atoms with Crippen molar-refractivity contribution in [1.82, 2.24) is 0 Å². The second-order valence-electron chi connectivity index (χ2n) is 3.79. The van der Waals surface area contributed by atoms with Crippen LogP contribution in [0.3, 0.4) is 0 Å². The highest BCUT2D eigenvalue weighted by molar-refractivity contribution is 9.10. The molecule has 19 heavy (non-hydrogen) atoms. The molecule has 0 aliphatic carbocycles. The SMILES string of the molecule is O=[N+]([O-])c1cc(Br)ccc1NOCc1ccccc1. The van der Waals surface area contributed by atoms with Gasteiger partial charge in [0.15, 0.2) is 0 Å². The van der Waals surface area contributed by atoms with E-state index in [1.54, 1.807) is 12.1 Å². The van der Waals surface area contributed by atoms with Gasteiger partial charge in [-0.1, -0.05) is 46.3 Å². The minimum atomic E-state index is -0.459. The van der Waals surface area contributed by atoms with Gasteiger partial charge in [-0.15, -0.1) is 0 Å². The molecule has 98 valence electrons. The van der Waals surface area contributed by atoms with Crippen molar-refractivity contribution in [3.63, 3.8) is 0 Å². The van der Waals surface area contributed by atoms with Gasteiger partial charge in [0, 0.05) is 10.5 Å². The first kappa shape index (κ1) is 13.5. The molecular formula is C13H11BrN2O3. The van der Waals surface area contributed by atoms with E-state index in [2.05, 4.69) is 21.4 Å². The summed E-state index contributed by atoms with van der Waals surface area (Å²) in [7, 11) is 0. The molecule has 0 heterocycles. The lowest BCUT2D eigenvalue weighted by Crippen LogP contribution is -2.04. The summed E-state index contributed by atoms with van der Waals surface area (Å²) in [4.78, 5) is 15.7. The number of rotatable bonds is 5. The Labute approximate surface area is 118 Å². The van der Waals surface area contributed by atoms with Crippen LogP contribution in [0.1, 0.15) is 5.56 Å². The maximum Gasteiger partial charge on any atom is 0.295 e. The highest BCUT2D eigenvalue weighted by atomic mass is 79.9. The minimum Gasteiger partial charge on any atom is -0.271 e. The van der Waals surface area contributed by atoms with Gasteiger partial charge in [-0.2, -0.15) is 0 Å². The van der Waals surface area contributed by atoms with E-state index in [1.165, 1.54) is 6.07 Å². The molecule has 0 unspecified atom stereocenters. The fourth-order valence-electron chi connectivity index (χ4n) is 1.51. The van der Waals surface area contributed by atoms with E-state index < -0.39 is 4.92 Å². The van der Waals surface area contributed by atoms with Gasteiger partial charge in [0.2, 0.25) is 0 Å². The van der Waals surface area contributed by atoms with Gasteiger partial charge in [0.1, 0.15) is 5.69 Å². The fraction of sp³-hybridized carbons (Fsp3) is 0.0769. The lowest BCUT2D eigenvalue weighted by molar-refractivity contribution is -0.384. The number of hydrogen-bond donors (Lipinski definition) is 1. The van der Waals surface area contributed by atoms with Gasteiger partial charge >= 0.3 is 0 Å². The van der Waals surface area contributed by atoms with Crippen LogP contribution in [0.5, 0.6) is 0 Å². The average molecular weight is 323 g/mol. The molecule has 5 nitrogen and oxygen atoms in total. The van der Waals surface area contributed by atoms with Crippen LogP contribution in [0.15, 0.2) is 53.0 Å². The van der Waals surface area contributed by atoms with Gasteiger partial charge in [-0.25, -0.2) is 0 Å². The molecule has 0 aliphatic rings. The predicted molar refractivity (Wildman–Crippen MR) is 75.7 cm³/mol. The summed E-state index contributed by atoms with van der Waals surface area (Å²) >= 11 is 3.20. The van der Waals surface area contributed by atoms with E-state index in [4.69, 9.17) is 4.84 Å². The van der Waals surface area contributed by atoms with Crippen LogP contribution in [-0.4, -0.2) is 4.92 Å². The first-order valence-electron chi connectivity index (χ1n) is 5.52.